The zero-order valence-corrected chi connectivity index (χ0v) is 13.6. The highest BCUT2D eigenvalue weighted by atomic mass is 35.5. The van der Waals surface area contributed by atoms with Crippen LogP contribution in [0.15, 0.2) is 48.5 Å². The Hall–Kier alpha value is -1.56. The van der Waals surface area contributed by atoms with Gasteiger partial charge in [0.15, 0.2) is 9.84 Å². The Morgan fingerprint density at radius 3 is 2.50 bits per heavy atom. The molecule has 0 amide bonds. The van der Waals surface area contributed by atoms with E-state index in [1.807, 2.05) is 0 Å². The second kappa shape index (κ2) is 7.13. The average molecular weight is 341 g/mol. The summed E-state index contributed by atoms with van der Waals surface area (Å²) in [6.07, 6.45) is -1.09. The van der Waals surface area contributed by atoms with Crippen LogP contribution in [0.1, 0.15) is 17.2 Å². The molecular formula is C16H17ClO4S. The fraction of sp³-hybridized carbons (Fsp3) is 0.250. The van der Waals surface area contributed by atoms with Crippen molar-refractivity contribution >= 4 is 21.4 Å². The smallest absolute Gasteiger partial charge is 0.157 e. The number of ether oxygens (including phenoxy) is 1. The number of aliphatic hydroxyl groups excluding tert-OH is 1. The van der Waals surface area contributed by atoms with E-state index >= 15 is 0 Å². The number of benzene rings is 2. The van der Waals surface area contributed by atoms with Gasteiger partial charge in [0.2, 0.25) is 0 Å². The highest BCUT2D eigenvalue weighted by Crippen LogP contribution is 2.22. The lowest BCUT2D eigenvalue weighted by Gasteiger charge is -2.13. The van der Waals surface area contributed by atoms with Crippen LogP contribution in [-0.4, -0.2) is 26.4 Å². The SMILES string of the molecule is COc1cccc(C(O)CS(=O)(=O)Cc2ccc(Cl)cc2)c1. The fourth-order valence-corrected chi connectivity index (χ4v) is 3.70. The molecule has 118 valence electrons. The lowest BCUT2D eigenvalue weighted by Crippen LogP contribution is -2.16. The number of halogens is 1. The second-order valence-corrected chi connectivity index (χ2v) is 7.52. The first-order chi connectivity index (χ1) is 10.4. The summed E-state index contributed by atoms with van der Waals surface area (Å²) in [6, 6.07) is 13.4. The molecule has 4 nitrogen and oxygen atoms in total. The van der Waals surface area contributed by atoms with Crippen LogP contribution in [0, 0.1) is 0 Å². The molecule has 0 bridgehead atoms. The number of hydrogen-bond donors (Lipinski definition) is 1. The molecule has 1 unspecified atom stereocenters. The van der Waals surface area contributed by atoms with Gasteiger partial charge in [0, 0.05) is 5.02 Å². The summed E-state index contributed by atoms with van der Waals surface area (Å²) in [5.41, 5.74) is 1.15. The molecule has 2 rings (SSSR count). The van der Waals surface area contributed by atoms with Crippen LogP contribution in [0.3, 0.4) is 0 Å². The maximum absolute atomic E-state index is 12.2. The standard InChI is InChI=1S/C16H17ClO4S/c1-21-15-4-2-3-13(9-15)16(18)11-22(19,20)10-12-5-7-14(17)8-6-12/h2-9,16,18H,10-11H2,1H3. The molecule has 0 aliphatic carbocycles. The summed E-state index contributed by atoms with van der Waals surface area (Å²) in [5, 5.41) is 10.7. The number of sulfone groups is 1. The molecule has 0 heterocycles. The lowest BCUT2D eigenvalue weighted by atomic mass is 10.1. The highest BCUT2D eigenvalue weighted by molar-refractivity contribution is 7.90. The van der Waals surface area contributed by atoms with Crippen LogP contribution in [-0.2, 0) is 15.6 Å². The molecule has 0 spiro atoms. The van der Waals surface area contributed by atoms with E-state index in [4.69, 9.17) is 16.3 Å². The molecule has 0 radical (unpaired) electrons. The van der Waals surface area contributed by atoms with E-state index in [0.29, 0.717) is 21.9 Å². The van der Waals surface area contributed by atoms with Crippen LogP contribution in [0.2, 0.25) is 5.02 Å². The topological polar surface area (TPSA) is 63.6 Å². The molecule has 1 N–H and O–H groups in total. The van der Waals surface area contributed by atoms with Crippen molar-refractivity contribution in [2.24, 2.45) is 0 Å². The van der Waals surface area contributed by atoms with Crippen molar-refractivity contribution in [3.8, 4) is 5.75 Å². The van der Waals surface area contributed by atoms with Crippen molar-refractivity contribution in [3.63, 3.8) is 0 Å². The molecule has 1 atom stereocenters. The summed E-state index contributed by atoms with van der Waals surface area (Å²) < 4.78 is 29.5. The van der Waals surface area contributed by atoms with Gasteiger partial charge in [-0.25, -0.2) is 8.42 Å². The third-order valence-corrected chi connectivity index (χ3v) is 5.04. The first-order valence-electron chi connectivity index (χ1n) is 6.66. The minimum absolute atomic E-state index is 0.134. The van der Waals surface area contributed by atoms with Crippen LogP contribution in [0.5, 0.6) is 5.75 Å². The molecule has 0 aliphatic rings. The van der Waals surface area contributed by atoms with Gasteiger partial charge in [0.1, 0.15) is 5.75 Å². The first-order valence-corrected chi connectivity index (χ1v) is 8.86. The normalized spacial score (nSPS) is 12.9. The zero-order chi connectivity index (χ0) is 16.2. The van der Waals surface area contributed by atoms with E-state index in [-0.39, 0.29) is 11.5 Å². The van der Waals surface area contributed by atoms with Gasteiger partial charge in [-0.15, -0.1) is 0 Å². The molecule has 0 fully saturated rings. The monoisotopic (exact) mass is 340 g/mol. The van der Waals surface area contributed by atoms with Gasteiger partial charge < -0.3 is 9.84 Å². The molecule has 2 aromatic rings. The summed E-state index contributed by atoms with van der Waals surface area (Å²) in [4.78, 5) is 0. The maximum atomic E-state index is 12.2. The van der Waals surface area contributed by atoms with E-state index in [9.17, 15) is 13.5 Å². The molecular weight excluding hydrogens is 324 g/mol. The molecule has 2 aromatic carbocycles. The van der Waals surface area contributed by atoms with E-state index in [1.54, 1.807) is 48.5 Å². The van der Waals surface area contributed by atoms with Gasteiger partial charge in [-0.2, -0.15) is 0 Å². The number of aliphatic hydroxyl groups is 1. The molecule has 0 saturated heterocycles. The Morgan fingerprint density at radius 1 is 1.18 bits per heavy atom. The molecule has 0 aliphatic heterocycles. The summed E-state index contributed by atoms with van der Waals surface area (Å²) in [7, 11) is -1.93. The Morgan fingerprint density at radius 2 is 1.86 bits per heavy atom. The van der Waals surface area contributed by atoms with Gasteiger partial charge >= 0.3 is 0 Å². The van der Waals surface area contributed by atoms with Gasteiger partial charge in [-0.1, -0.05) is 35.9 Å². The molecule has 6 heteroatoms. The minimum Gasteiger partial charge on any atom is -0.497 e. The van der Waals surface area contributed by atoms with Gasteiger partial charge in [-0.05, 0) is 35.4 Å². The van der Waals surface area contributed by atoms with E-state index in [2.05, 4.69) is 0 Å². The Labute approximate surface area is 135 Å². The third kappa shape index (κ3) is 4.73. The highest BCUT2D eigenvalue weighted by Gasteiger charge is 2.19. The predicted molar refractivity (Wildman–Crippen MR) is 86.9 cm³/mol. The van der Waals surface area contributed by atoms with Crippen LogP contribution >= 0.6 is 11.6 Å². The minimum atomic E-state index is -3.45. The van der Waals surface area contributed by atoms with E-state index in [0.717, 1.165) is 0 Å². The van der Waals surface area contributed by atoms with Crippen molar-refractivity contribution in [1.29, 1.82) is 0 Å². The molecule has 22 heavy (non-hydrogen) atoms. The van der Waals surface area contributed by atoms with Crippen molar-refractivity contribution in [3.05, 3.63) is 64.7 Å². The first kappa shape index (κ1) is 16.8. The third-order valence-electron chi connectivity index (χ3n) is 3.19. The Balaban J connectivity index is 2.08. The zero-order valence-electron chi connectivity index (χ0n) is 12.1. The molecule has 0 aromatic heterocycles. The number of hydrogen-bond acceptors (Lipinski definition) is 4. The van der Waals surface area contributed by atoms with Crippen molar-refractivity contribution in [2.45, 2.75) is 11.9 Å². The van der Waals surface area contributed by atoms with Crippen LogP contribution in [0.25, 0.3) is 0 Å². The van der Waals surface area contributed by atoms with Crippen LogP contribution in [0.4, 0.5) is 0 Å². The van der Waals surface area contributed by atoms with Gasteiger partial charge in [-0.3, -0.25) is 0 Å². The predicted octanol–water partition coefficient (Wildman–Crippen LogP) is 3.00. The molecule has 0 saturated carbocycles. The average Bonchev–Trinajstić information content (AvgIpc) is 2.49. The van der Waals surface area contributed by atoms with Gasteiger partial charge in [0.25, 0.3) is 0 Å². The van der Waals surface area contributed by atoms with Crippen molar-refractivity contribution < 1.29 is 18.3 Å². The Bertz CT molecular complexity index is 726. The quantitative estimate of drug-likeness (QED) is 0.878. The van der Waals surface area contributed by atoms with Crippen molar-refractivity contribution in [2.75, 3.05) is 12.9 Å². The van der Waals surface area contributed by atoms with Crippen molar-refractivity contribution in [1.82, 2.24) is 0 Å². The number of rotatable bonds is 6. The second-order valence-electron chi connectivity index (χ2n) is 4.97. The summed E-state index contributed by atoms with van der Waals surface area (Å²) >= 11 is 5.77. The lowest BCUT2D eigenvalue weighted by molar-refractivity contribution is 0.201. The van der Waals surface area contributed by atoms with E-state index in [1.165, 1.54) is 7.11 Å². The van der Waals surface area contributed by atoms with Gasteiger partial charge in [0.05, 0.1) is 24.7 Å². The van der Waals surface area contributed by atoms with E-state index < -0.39 is 15.9 Å². The maximum Gasteiger partial charge on any atom is 0.157 e. The Kier molecular flexibility index (Phi) is 5.45. The fourth-order valence-electron chi connectivity index (χ4n) is 2.08. The number of methoxy groups -OCH3 is 1. The summed E-state index contributed by atoms with van der Waals surface area (Å²) in [6.45, 7) is 0. The summed E-state index contributed by atoms with van der Waals surface area (Å²) in [5.74, 6) is 0.0974. The van der Waals surface area contributed by atoms with Crippen LogP contribution < -0.4 is 4.74 Å². The largest absolute Gasteiger partial charge is 0.497 e.